The average Bonchev–Trinajstić information content (AvgIpc) is 3.43. The van der Waals surface area contributed by atoms with E-state index in [4.69, 9.17) is 14.2 Å². The van der Waals surface area contributed by atoms with Gasteiger partial charge in [-0.1, -0.05) is 30.3 Å². The zero-order valence-corrected chi connectivity index (χ0v) is 16.4. The van der Waals surface area contributed by atoms with Gasteiger partial charge >= 0.3 is 6.09 Å². The summed E-state index contributed by atoms with van der Waals surface area (Å²) in [5, 5.41) is 2.83. The van der Waals surface area contributed by atoms with E-state index in [1.165, 1.54) is 12.1 Å². The lowest BCUT2D eigenvalue weighted by Crippen LogP contribution is -2.43. The molecule has 2 atom stereocenters. The number of rotatable bonds is 7. The summed E-state index contributed by atoms with van der Waals surface area (Å²) < 4.78 is 30.5. The summed E-state index contributed by atoms with van der Waals surface area (Å²) in [4.78, 5) is 12.1. The highest BCUT2D eigenvalue weighted by Crippen LogP contribution is 2.23. The number of hydrogen-bond acceptors (Lipinski definition) is 4. The maximum absolute atomic E-state index is 14.1. The molecule has 1 aliphatic heterocycles. The van der Waals surface area contributed by atoms with Crippen LogP contribution in [-0.2, 0) is 22.5 Å². The summed E-state index contributed by atoms with van der Waals surface area (Å²) >= 11 is 0. The van der Waals surface area contributed by atoms with Crippen LogP contribution >= 0.6 is 0 Å². The Bertz CT molecular complexity index is 800. The number of amides is 1. The number of epoxide rings is 1. The van der Waals surface area contributed by atoms with Gasteiger partial charge in [0.25, 0.3) is 0 Å². The van der Waals surface area contributed by atoms with Crippen LogP contribution in [0.25, 0.3) is 0 Å². The number of ether oxygens (including phenoxy) is 3. The van der Waals surface area contributed by atoms with Crippen molar-refractivity contribution in [2.24, 2.45) is 0 Å². The number of carbonyl (C=O) groups excluding carboxylic acids is 1. The Labute approximate surface area is 164 Å². The lowest BCUT2D eigenvalue weighted by Gasteiger charge is -2.23. The number of alkyl carbamates (subject to hydrolysis) is 1. The number of hydrogen-bond donors (Lipinski definition) is 1. The third-order valence-electron chi connectivity index (χ3n) is 4.15. The van der Waals surface area contributed by atoms with Crippen molar-refractivity contribution in [3.63, 3.8) is 0 Å². The fraction of sp³-hybridized carbons (Fsp3) is 0.409. The molecule has 1 N–H and O–H groups in total. The highest BCUT2D eigenvalue weighted by molar-refractivity contribution is 5.68. The average molecular weight is 387 g/mol. The maximum atomic E-state index is 14.1. The molecular formula is C22H26FNO4. The number of carbonyl (C=O) groups is 1. The van der Waals surface area contributed by atoms with E-state index in [0.717, 1.165) is 11.1 Å². The van der Waals surface area contributed by atoms with E-state index < -0.39 is 11.7 Å². The molecule has 1 saturated heterocycles. The molecule has 3 rings (SSSR count). The Kier molecular flexibility index (Phi) is 6.19. The standard InChI is InChI=1S/C22H26FNO4/c1-22(2,3)28-21(25)24-19(20-14-27-20)11-16-9-17(23)12-18(10-16)26-13-15-7-5-4-6-8-15/h4-10,12,19-20H,11,13-14H2,1-3H3,(H,24,25). The van der Waals surface area contributed by atoms with Crippen LogP contribution in [-0.4, -0.2) is 30.4 Å². The van der Waals surface area contributed by atoms with Crippen LogP contribution in [0.3, 0.4) is 0 Å². The zero-order chi connectivity index (χ0) is 20.1. The van der Waals surface area contributed by atoms with Gasteiger partial charge in [-0.2, -0.15) is 0 Å². The second kappa shape index (κ2) is 8.61. The quantitative estimate of drug-likeness (QED) is 0.722. The van der Waals surface area contributed by atoms with E-state index in [2.05, 4.69) is 5.32 Å². The zero-order valence-electron chi connectivity index (χ0n) is 16.4. The van der Waals surface area contributed by atoms with Crippen molar-refractivity contribution in [3.05, 3.63) is 65.5 Å². The van der Waals surface area contributed by atoms with Crippen LogP contribution in [0.2, 0.25) is 0 Å². The minimum Gasteiger partial charge on any atom is -0.489 e. The van der Waals surface area contributed by atoms with Gasteiger partial charge in [-0.25, -0.2) is 9.18 Å². The summed E-state index contributed by atoms with van der Waals surface area (Å²) in [6, 6.07) is 14.0. The largest absolute Gasteiger partial charge is 0.489 e. The van der Waals surface area contributed by atoms with E-state index in [1.807, 2.05) is 30.3 Å². The molecule has 2 aromatic carbocycles. The first kappa shape index (κ1) is 20.1. The van der Waals surface area contributed by atoms with Crippen molar-refractivity contribution in [1.82, 2.24) is 5.32 Å². The van der Waals surface area contributed by atoms with Crippen LogP contribution in [0, 0.1) is 5.82 Å². The molecule has 2 aromatic rings. The number of halogens is 1. The van der Waals surface area contributed by atoms with Crippen LogP contribution in [0.15, 0.2) is 48.5 Å². The van der Waals surface area contributed by atoms with Crippen molar-refractivity contribution < 1.29 is 23.4 Å². The van der Waals surface area contributed by atoms with Crippen LogP contribution in [0.5, 0.6) is 5.75 Å². The Morgan fingerprint density at radius 3 is 2.57 bits per heavy atom. The van der Waals surface area contributed by atoms with E-state index in [1.54, 1.807) is 26.8 Å². The SMILES string of the molecule is CC(C)(C)OC(=O)NC(Cc1cc(F)cc(OCc2ccccc2)c1)C1CO1. The predicted molar refractivity (Wildman–Crippen MR) is 104 cm³/mol. The topological polar surface area (TPSA) is 60.1 Å². The molecule has 28 heavy (non-hydrogen) atoms. The molecule has 0 spiro atoms. The lowest BCUT2D eigenvalue weighted by molar-refractivity contribution is 0.0495. The Hall–Kier alpha value is -2.60. The lowest BCUT2D eigenvalue weighted by atomic mass is 10.0. The van der Waals surface area contributed by atoms with E-state index >= 15 is 0 Å². The normalized spacial score (nSPS) is 16.9. The van der Waals surface area contributed by atoms with E-state index in [9.17, 15) is 9.18 Å². The summed E-state index contributed by atoms with van der Waals surface area (Å²) in [6.07, 6.45) is -0.182. The molecule has 150 valence electrons. The smallest absolute Gasteiger partial charge is 0.407 e. The highest BCUT2D eigenvalue weighted by atomic mass is 19.1. The first-order valence-electron chi connectivity index (χ1n) is 9.36. The molecule has 1 aliphatic rings. The van der Waals surface area contributed by atoms with Gasteiger partial charge in [-0.05, 0) is 50.5 Å². The Morgan fingerprint density at radius 1 is 1.21 bits per heavy atom. The van der Waals surface area contributed by atoms with Crippen molar-refractivity contribution in [1.29, 1.82) is 0 Å². The molecule has 0 bridgehead atoms. The van der Waals surface area contributed by atoms with Gasteiger partial charge in [-0.3, -0.25) is 0 Å². The molecule has 6 heteroatoms. The summed E-state index contributed by atoms with van der Waals surface area (Å²) in [5.41, 5.74) is 1.14. The fourth-order valence-electron chi connectivity index (χ4n) is 2.84. The molecule has 0 radical (unpaired) electrons. The van der Waals surface area contributed by atoms with Gasteiger partial charge in [0, 0.05) is 6.07 Å². The molecule has 0 saturated carbocycles. The van der Waals surface area contributed by atoms with Gasteiger partial charge in [0.1, 0.15) is 29.9 Å². The first-order valence-corrected chi connectivity index (χ1v) is 9.36. The van der Waals surface area contributed by atoms with Crippen molar-refractivity contribution in [3.8, 4) is 5.75 Å². The monoisotopic (exact) mass is 387 g/mol. The van der Waals surface area contributed by atoms with Gasteiger partial charge in [0.15, 0.2) is 0 Å². The minimum atomic E-state index is -0.587. The number of benzene rings is 2. The second-order valence-electron chi connectivity index (χ2n) is 7.90. The molecule has 5 nitrogen and oxygen atoms in total. The van der Waals surface area contributed by atoms with Gasteiger partial charge in [0.2, 0.25) is 0 Å². The summed E-state index contributed by atoms with van der Waals surface area (Å²) in [6.45, 7) is 6.33. The maximum Gasteiger partial charge on any atom is 0.407 e. The summed E-state index contributed by atoms with van der Waals surface area (Å²) in [5.74, 6) is 0.0693. The van der Waals surface area contributed by atoms with Crippen LogP contribution in [0.1, 0.15) is 31.9 Å². The molecule has 1 amide bonds. The van der Waals surface area contributed by atoms with E-state index in [0.29, 0.717) is 25.4 Å². The van der Waals surface area contributed by atoms with Gasteiger partial charge in [0.05, 0.1) is 12.6 Å². The Morgan fingerprint density at radius 2 is 1.93 bits per heavy atom. The third-order valence-corrected chi connectivity index (χ3v) is 4.15. The molecule has 2 unspecified atom stereocenters. The minimum absolute atomic E-state index is 0.0931. The molecule has 1 heterocycles. The molecule has 0 aromatic heterocycles. The molecular weight excluding hydrogens is 361 g/mol. The number of nitrogens with one attached hydrogen (secondary N) is 1. The predicted octanol–water partition coefficient (Wildman–Crippen LogP) is 4.24. The van der Waals surface area contributed by atoms with Gasteiger partial charge in [-0.15, -0.1) is 0 Å². The van der Waals surface area contributed by atoms with E-state index in [-0.39, 0.29) is 18.0 Å². The van der Waals surface area contributed by atoms with Crippen molar-refractivity contribution in [2.45, 2.75) is 51.5 Å². The van der Waals surface area contributed by atoms with Crippen molar-refractivity contribution in [2.75, 3.05) is 6.61 Å². The second-order valence-corrected chi connectivity index (χ2v) is 7.90. The highest BCUT2D eigenvalue weighted by Gasteiger charge is 2.35. The van der Waals surface area contributed by atoms with Crippen LogP contribution in [0.4, 0.5) is 9.18 Å². The van der Waals surface area contributed by atoms with Gasteiger partial charge < -0.3 is 19.5 Å². The van der Waals surface area contributed by atoms with Crippen molar-refractivity contribution >= 4 is 6.09 Å². The first-order chi connectivity index (χ1) is 13.3. The summed E-state index contributed by atoms with van der Waals surface area (Å²) in [7, 11) is 0. The molecule has 0 aliphatic carbocycles. The molecule has 1 fully saturated rings. The third kappa shape index (κ3) is 6.53. The fourth-order valence-corrected chi connectivity index (χ4v) is 2.84. The Balaban J connectivity index is 1.64. The van der Waals surface area contributed by atoms with Crippen LogP contribution < -0.4 is 10.1 Å².